The van der Waals surface area contributed by atoms with Crippen LogP contribution in [-0.4, -0.2) is 6.17 Å². The van der Waals surface area contributed by atoms with Crippen molar-refractivity contribution >= 4 is 0 Å². The molecule has 2 nitrogen and oxygen atoms in total. The van der Waals surface area contributed by atoms with Crippen LogP contribution in [0.25, 0.3) is 0 Å². The molecule has 2 atom stereocenters. The van der Waals surface area contributed by atoms with Gasteiger partial charge < -0.3 is 5.73 Å². The van der Waals surface area contributed by atoms with Crippen LogP contribution in [0.2, 0.25) is 0 Å². The highest BCUT2D eigenvalue weighted by molar-refractivity contribution is 5.28. The standard InChI is InChI=1S/C15H20N2/c1-12-6-5-9-14(10-12)15(16)17-11-13-7-3-2-4-8-13/h2-5,7-10,12,15,17H,6,11,16H2,1H3. The summed E-state index contributed by atoms with van der Waals surface area (Å²) < 4.78 is 0. The average Bonchev–Trinajstić information content (AvgIpc) is 2.37. The van der Waals surface area contributed by atoms with E-state index in [1.54, 1.807) is 0 Å². The maximum atomic E-state index is 6.13. The summed E-state index contributed by atoms with van der Waals surface area (Å²) in [5.74, 6) is 0.597. The summed E-state index contributed by atoms with van der Waals surface area (Å²) in [5, 5.41) is 3.35. The predicted octanol–water partition coefficient (Wildman–Crippen LogP) is 2.58. The molecule has 2 unspecified atom stereocenters. The fraction of sp³-hybridized carbons (Fsp3) is 0.333. The molecule has 0 spiro atoms. The van der Waals surface area contributed by atoms with Gasteiger partial charge in [-0.05, 0) is 23.5 Å². The highest BCUT2D eigenvalue weighted by atomic mass is 15.0. The summed E-state index contributed by atoms with van der Waals surface area (Å²) in [5.41, 5.74) is 8.58. The molecule has 0 saturated carbocycles. The Hall–Kier alpha value is -1.38. The van der Waals surface area contributed by atoms with Gasteiger partial charge in [0, 0.05) is 6.54 Å². The Balaban J connectivity index is 1.89. The van der Waals surface area contributed by atoms with E-state index in [1.165, 1.54) is 11.1 Å². The third-order valence-electron chi connectivity index (χ3n) is 3.02. The van der Waals surface area contributed by atoms with E-state index in [9.17, 15) is 0 Å². The molecule has 3 N–H and O–H groups in total. The van der Waals surface area contributed by atoms with Gasteiger partial charge >= 0.3 is 0 Å². The SMILES string of the molecule is CC1C=C(C(N)NCc2ccccc2)C=CC1. The molecule has 1 aliphatic carbocycles. The van der Waals surface area contributed by atoms with E-state index in [-0.39, 0.29) is 6.17 Å². The van der Waals surface area contributed by atoms with Crippen LogP contribution in [0.5, 0.6) is 0 Å². The third-order valence-corrected chi connectivity index (χ3v) is 3.02. The summed E-state index contributed by atoms with van der Waals surface area (Å²) in [6.07, 6.45) is 7.62. The lowest BCUT2D eigenvalue weighted by atomic mass is 9.96. The molecule has 90 valence electrons. The molecule has 0 radical (unpaired) electrons. The monoisotopic (exact) mass is 228 g/mol. The van der Waals surface area contributed by atoms with Crippen molar-refractivity contribution in [1.82, 2.24) is 5.32 Å². The lowest BCUT2D eigenvalue weighted by Gasteiger charge is -2.19. The molecule has 0 bridgehead atoms. The van der Waals surface area contributed by atoms with Crippen molar-refractivity contribution in [3.05, 3.63) is 59.7 Å². The van der Waals surface area contributed by atoms with Crippen molar-refractivity contribution in [3.63, 3.8) is 0 Å². The van der Waals surface area contributed by atoms with Crippen LogP contribution in [-0.2, 0) is 6.54 Å². The number of nitrogens with one attached hydrogen (secondary N) is 1. The summed E-state index contributed by atoms with van der Waals surface area (Å²) in [6.45, 7) is 3.02. The quantitative estimate of drug-likeness (QED) is 0.777. The summed E-state index contributed by atoms with van der Waals surface area (Å²) in [6, 6.07) is 10.3. The first-order chi connectivity index (χ1) is 8.25. The minimum atomic E-state index is -0.0748. The Bertz CT molecular complexity index is 406. The Morgan fingerprint density at radius 2 is 2.12 bits per heavy atom. The first kappa shape index (κ1) is 12.1. The number of hydrogen-bond acceptors (Lipinski definition) is 2. The van der Waals surface area contributed by atoms with Gasteiger partial charge in [0.2, 0.25) is 0 Å². The van der Waals surface area contributed by atoms with Gasteiger partial charge in [-0.25, -0.2) is 0 Å². The average molecular weight is 228 g/mol. The van der Waals surface area contributed by atoms with Gasteiger partial charge in [0.15, 0.2) is 0 Å². The van der Waals surface area contributed by atoms with Gasteiger partial charge in [-0.1, -0.05) is 55.5 Å². The molecular weight excluding hydrogens is 208 g/mol. The number of allylic oxidation sites excluding steroid dienone is 2. The number of rotatable bonds is 4. The second-order valence-electron chi connectivity index (χ2n) is 4.63. The minimum absolute atomic E-state index is 0.0748. The molecule has 0 aromatic heterocycles. The number of hydrogen-bond donors (Lipinski definition) is 2. The van der Waals surface area contributed by atoms with E-state index in [4.69, 9.17) is 5.73 Å². The number of benzene rings is 1. The molecule has 1 aromatic carbocycles. The van der Waals surface area contributed by atoms with E-state index < -0.39 is 0 Å². The van der Waals surface area contributed by atoms with Gasteiger partial charge in [0.25, 0.3) is 0 Å². The van der Waals surface area contributed by atoms with Gasteiger partial charge in [-0.2, -0.15) is 0 Å². The molecule has 1 aliphatic rings. The van der Waals surface area contributed by atoms with Crippen molar-refractivity contribution in [2.24, 2.45) is 11.7 Å². The zero-order chi connectivity index (χ0) is 12.1. The van der Waals surface area contributed by atoms with Crippen LogP contribution in [0.3, 0.4) is 0 Å². The van der Waals surface area contributed by atoms with Crippen LogP contribution < -0.4 is 11.1 Å². The van der Waals surface area contributed by atoms with Crippen molar-refractivity contribution < 1.29 is 0 Å². The predicted molar refractivity (Wildman–Crippen MR) is 72.3 cm³/mol. The lowest BCUT2D eigenvalue weighted by Crippen LogP contribution is -2.38. The summed E-state index contributed by atoms with van der Waals surface area (Å²) in [4.78, 5) is 0. The van der Waals surface area contributed by atoms with E-state index in [1.807, 2.05) is 18.2 Å². The molecule has 0 aliphatic heterocycles. The normalized spacial score (nSPS) is 21.1. The highest BCUT2D eigenvalue weighted by Gasteiger charge is 2.10. The first-order valence-electron chi connectivity index (χ1n) is 6.17. The molecular formula is C15H20N2. The van der Waals surface area contributed by atoms with E-state index in [2.05, 4.69) is 42.6 Å². The minimum Gasteiger partial charge on any atom is -0.312 e. The Morgan fingerprint density at radius 1 is 1.35 bits per heavy atom. The van der Waals surface area contributed by atoms with Gasteiger partial charge in [-0.3, -0.25) is 5.32 Å². The van der Waals surface area contributed by atoms with E-state index in [0.717, 1.165) is 13.0 Å². The smallest absolute Gasteiger partial charge is 0.0809 e. The Kier molecular flexibility index (Phi) is 4.13. The largest absolute Gasteiger partial charge is 0.312 e. The molecule has 0 amide bonds. The molecule has 1 aromatic rings. The Morgan fingerprint density at radius 3 is 2.82 bits per heavy atom. The van der Waals surface area contributed by atoms with Crippen LogP contribution >= 0.6 is 0 Å². The van der Waals surface area contributed by atoms with Gasteiger partial charge in [0.1, 0.15) is 0 Å². The maximum absolute atomic E-state index is 6.13. The Labute approximate surface area is 103 Å². The van der Waals surface area contributed by atoms with Gasteiger partial charge in [-0.15, -0.1) is 0 Å². The zero-order valence-electron chi connectivity index (χ0n) is 10.3. The van der Waals surface area contributed by atoms with E-state index >= 15 is 0 Å². The fourth-order valence-corrected chi connectivity index (χ4v) is 2.02. The molecule has 0 fully saturated rings. The molecule has 0 heterocycles. The van der Waals surface area contributed by atoms with Crippen molar-refractivity contribution in [2.45, 2.75) is 26.1 Å². The first-order valence-corrected chi connectivity index (χ1v) is 6.17. The van der Waals surface area contributed by atoms with Crippen molar-refractivity contribution in [1.29, 1.82) is 0 Å². The number of nitrogens with two attached hydrogens (primary N) is 1. The third kappa shape index (κ3) is 3.55. The molecule has 2 rings (SSSR count). The summed E-state index contributed by atoms with van der Waals surface area (Å²) >= 11 is 0. The lowest BCUT2D eigenvalue weighted by molar-refractivity contribution is 0.582. The summed E-state index contributed by atoms with van der Waals surface area (Å²) in [7, 11) is 0. The highest BCUT2D eigenvalue weighted by Crippen LogP contribution is 2.17. The molecule has 0 saturated heterocycles. The molecule has 2 heteroatoms. The topological polar surface area (TPSA) is 38.0 Å². The van der Waals surface area contributed by atoms with Crippen LogP contribution in [0.15, 0.2) is 54.1 Å². The van der Waals surface area contributed by atoms with Crippen molar-refractivity contribution in [3.8, 4) is 0 Å². The zero-order valence-corrected chi connectivity index (χ0v) is 10.3. The van der Waals surface area contributed by atoms with Crippen molar-refractivity contribution in [2.75, 3.05) is 0 Å². The second kappa shape index (κ2) is 5.80. The van der Waals surface area contributed by atoms with Crippen LogP contribution in [0.1, 0.15) is 18.9 Å². The van der Waals surface area contributed by atoms with Crippen LogP contribution in [0.4, 0.5) is 0 Å². The maximum Gasteiger partial charge on any atom is 0.0809 e. The molecule has 17 heavy (non-hydrogen) atoms. The van der Waals surface area contributed by atoms with E-state index in [0.29, 0.717) is 5.92 Å². The van der Waals surface area contributed by atoms with Gasteiger partial charge in [0.05, 0.1) is 6.17 Å². The van der Waals surface area contributed by atoms with Crippen LogP contribution in [0, 0.1) is 5.92 Å². The fourth-order valence-electron chi connectivity index (χ4n) is 2.02. The second-order valence-corrected chi connectivity index (χ2v) is 4.63.